The fourth-order valence-electron chi connectivity index (χ4n) is 22.0. The van der Waals surface area contributed by atoms with E-state index in [1.807, 2.05) is 52.6 Å². The predicted molar refractivity (Wildman–Crippen MR) is 505 cm³/mol. The monoisotopic (exact) mass is 1860 g/mol. The van der Waals surface area contributed by atoms with Crippen LogP contribution in [0.5, 0.6) is 0 Å². The fourth-order valence-corrected chi connectivity index (χ4v) is 22.6. The minimum atomic E-state index is -4.51. The Kier molecular flexibility index (Phi) is 27.4. The second-order valence-electron chi connectivity index (χ2n) is 39.2. The van der Waals surface area contributed by atoms with Gasteiger partial charge in [-0.2, -0.15) is 26.3 Å². The highest BCUT2D eigenvalue weighted by molar-refractivity contribution is 7.12. The van der Waals surface area contributed by atoms with Gasteiger partial charge in [-0.25, -0.2) is 49.1 Å². The molecular weight excluding hydrogens is 1740 g/mol. The van der Waals surface area contributed by atoms with Gasteiger partial charge in [0, 0.05) is 48.1 Å². The lowest BCUT2D eigenvalue weighted by Crippen LogP contribution is -2.55. The largest absolute Gasteiger partial charge is 0.433 e. The number of pyridine rings is 2. The third-order valence-electron chi connectivity index (χ3n) is 30.7. The molecule has 4 aliphatic heterocycles. The molecule has 0 bridgehead atoms. The van der Waals surface area contributed by atoms with E-state index in [4.69, 9.17) is 5.73 Å². The van der Waals surface area contributed by atoms with Crippen molar-refractivity contribution in [3.63, 3.8) is 0 Å². The maximum absolute atomic E-state index is 13.7. The molecule has 33 heteroatoms. The number of thiophene rings is 1. The topological polar surface area (TPSA) is 283 Å². The van der Waals surface area contributed by atoms with Crippen LogP contribution in [0.2, 0.25) is 0 Å². The summed E-state index contributed by atoms with van der Waals surface area (Å²) in [5.41, 5.74) is 10.2. The molecule has 4 aromatic carbocycles. The number of carbonyl (C=O) groups is 6. The van der Waals surface area contributed by atoms with E-state index < -0.39 is 23.7 Å². The number of aryl methyl sites for hydroxylation is 3. The quantitative estimate of drug-likeness (QED) is 0.0418. The van der Waals surface area contributed by atoms with E-state index in [9.17, 15) is 55.1 Å². The van der Waals surface area contributed by atoms with Crippen molar-refractivity contribution in [1.29, 1.82) is 0 Å². The van der Waals surface area contributed by atoms with Crippen LogP contribution in [0.3, 0.4) is 0 Å². The summed E-state index contributed by atoms with van der Waals surface area (Å²) in [7, 11) is 14.8. The van der Waals surface area contributed by atoms with Gasteiger partial charge in [0.25, 0.3) is 5.91 Å². The number of alkyl halides is 6. The van der Waals surface area contributed by atoms with Gasteiger partial charge in [-0.3, -0.25) is 49.2 Å². The van der Waals surface area contributed by atoms with Crippen molar-refractivity contribution < 1.29 is 55.1 Å². The molecule has 26 nitrogen and oxygen atoms in total. The predicted octanol–water partition coefficient (Wildman–Crippen LogP) is 17.6. The van der Waals surface area contributed by atoms with Crippen LogP contribution in [0.25, 0.3) is 0 Å². The second kappa shape index (κ2) is 38.3. The minimum Gasteiger partial charge on any atom is -0.370 e. The highest BCUT2D eigenvalue weighted by Gasteiger charge is 2.59. The Labute approximate surface area is 783 Å². The first kappa shape index (κ1) is 95.6. The molecule has 710 valence electrons. The van der Waals surface area contributed by atoms with Crippen LogP contribution < -0.4 is 46.6 Å². The number of nitrogens with one attached hydrogen (secondary N) is 4. The maximum atomic E-state index is 13.7. The molecule has 10 amide bonds. The molecule has 6 aliphatic carbocycles. The summed E-state index contributed by atoms with van der Waals surface area (Å²) in [6.07, 6.45) is 19.5. The first-order chi connectivity index (χ1) is 64.0. The first-order valence-corrected chi connectivity index (χ1v) is 47.5. The van der Waals surface area contributed by atoms with Crippen LogP contribution in [0, 0.1) is 25.7 Å². The van der Waals surface area contributed by atoms with E-state index in [0.717, 1.165) is 154 Å². The number of hydrogen-bond donors (Lipinski definition) is 5. The number of primary amides is 1. The molecule has 6 N–H and O–H groups in total. The maximum Gasteiger partial charge on any atom is 0.433 e. The Morgan fingerprint density at radius 3 is 1.16 bits per heavy atom. The van der Waals surface area contributed by atoms with E-state index >= 15 is 0 Å². The second-order valence-corrected chi connectivity index (χ2v) is 40.1. The van der Waals surface area contributed by atoms with Gasteiger partial charge in [-0.1, -0.05) is 127 Å². The summed E-state index contributed by atoms with van der Waals surface area (Å²) in [6.45, 7) is 6.86. The zero-order valence-corrected chi connectivity index (χ0v) is 78.6. The average molecular weight is 1860 g/mol. The van der Waals surface area contributed by atoms with Crippen molar-refractivity contribution in [1.82, 2.24) is 70.4 Å². The van der Waals surface area contributed by atoms with Crippen molar-refractivity contribution in [3.05, 3.63) is 244 Å². The number of carbonyl (C=O) groups excluding carboxylic acids is 6. The Hall–Kier alpha value is -11.5. The molecule has 19 rings (SSSR count). The zero-order valence-electron chi connectivity index (χ0n) is 77.8. The minimum absolute atomic E-state index is 0.0180. The summed E-state index contributed by atoms with van der Waals surface area (Å²) < 4.78 is 78.9. The number of nitrogens with zero attached hydrogens (tertiary/aromatic N) is 15. The Morgan fingerprint density at radius 2 is 0.828 bits per heavy atom. The van der Waals surface area contributed by atoms with E-state index in [1.54, 1.807) is 64.3 Å². The number of halogens is 6. The number of urea groups is 4. The molecule has 9 aromatic rings. The fraction of sp³-hybridized carbons (Fsp3) is 0.485. The highest BCUT2D eigenvalue weighted by atomic mass is 32.1. The summed E-state index contributed by atoms with van der Waals surface area (Å²) in [5.74, 6) is 1.19. The number of hydrogen-bond acceptors (Lipinski definition) is 17. The van der Waals surface area contributed by atoms with Crippen LogP contribution in [-0.2, 0) is 45.7 Å². The van der Waals surface area contributed by atoms with E-state index in [0.29, 0.717) is 89.0 Å². The van der Waals surface area contributed by atoms with E-state index in [-0.39, 0.29) is 92.6 Å². The van der Waals surface area contributed by atoms with Crippen molar-refractivity contribution in [2.24, 2.45) is 17.6 Å². The van der Waals surface area contributed by atoms with E-state index in [2.05, 4.69) is 205 Å². The smallest absolute Gasteiger partial charge is 0.370 e. The Balaban J connectivity index is 0.000000130. The normalized spacial score (nSPS) is 26.3. The summed E-state index contributed by atoms with van der Waals surface area (Å²) in [6, 6.07) is 47.5. The number of benzene rings is 4. The van der Waals surface area contributed by atoms with Crippen molar-refractivity contribution in [2.45, 2.75) is 212 Å². The number of aromatic nitrogens is 6. The van der Waals surface area contributed by atoms with Crippen molar-refractivity contribution in [2.75, 3.05) is 114 Å². The molecule has 5 aromatic heterocycles. The molecule has 0 unspecified atom stereocenters. The Morgan fingerprint density at radius 1 is 0.463 bits per heavy atom. The first-order valence-electron chi connectivity index (χ1n) is 46.6. The number of nitrogens with two attached hydrogens (primary N) is 1. The van der Waals surface area contributed by atoms with Gasteiger partial charge in [0.15, 0.2) is 0 Å². The Bertz CT molecular complexity index is 5630. The number of amides is 10. The molecule has 10 aliphatic rings. The van der Waals surface area contributed by atoms with Crippen LogP contribution >= 0.6 is 11.3 Å². The lowest BCUT2D eigenvalue weighted by atomic mass is 9.68. The third kappa shape index (κ3) is 19.7. The van der Waals surface area contributed by atoms with Crippen molar-refractivity contribution >= 4 is 76.0 Å². The van der Waals surface area contributed by atoms with Crippen molar-refractivity contribution in [3.8, 4) is 0 Å². The van der Waals surface area contributed by atoms with Gasteiger partial charge in [0.1, 0.15) is 17.2 Å². The van der Waals surface area contributed by atoms with Crippen LogP contribution in [0.1, 0.15) is 195 Å². The molecule has 9 heterocycles. The van der Waals surface area contributed by atoms with Gasteiger partial charge in [0.2, 0.25) is 11.9 Å². The molecule has 4 spiro atoms. The molecule has 0 atom stereocenters. The molecule has 6 saturated carbocycles. The van der Waals surface area contributed by atoms with Crippen LogP contribution in [-0.4, -0.2) is 201 Å². The number of rotatable bonds is 21. The molecular formula is C101H122F6N20O6S. The number of anilines is 5. The molecule has 10 fully saturated rings. The lowest BCUT2D eigenvalue weighted by molar-refractivity contribution is -0.142. The van der Waals surface area contributed by atoms with Crippen LogP contribution in [0.15, 0.2) is 188 Å². The summed E-state index contributed by atoms with van der Waals surface area (Å²) in [4.78, 5) is 119. The summed E-state index contributed by atoms with van der Waals surface area (Å²) >= 11 is 1.35. The SMILES string of the molecule is CN(C)C1(c2ccccc2)CCC2(CC1)CN(c1cnc(CCC(N)=O)nc1)C(=O)N2.CN(C)C1(c2ccccc2)CCC2(CC1)CN(c1cnc(NC(=O)c3cccs3)nc1)C(=O)N2.CNC1(c2ccccc2)CCC2(CC1)CN(c1cnc(C(F)(F)F)cc1C)C(=O)N2CC1CC1.Cc1cc(C(F)(F)F)ncc1N1CC2(CCC(c3ccccc3)(N(C)C)CC2)N(CC2CC2)C1=O. The summed E-state index contributed by atoms with van der Waals surface area (Å²) in [5, 5.41) is 14.6. The van der Waals surface area contributed by atoms with Gasteiger partial charge in [0.05, 0.1) is 113 Å². The molecule has 4 saturated heterocycles. The molecule has 0 radical (unpaired) electrons. The average Bonchev–Trinajstić information content (AvgIpc) is 1.57. The molecule has 134 heavy (non-hydrogen) atoms. The van der Waals surface area contributed by atoms with E-state index in [1.165, 1.54) is 46.0 Å². The standard InChI is InChI=1S/C27H33F3N4O.C26H31F3N4O.C25H28N6O2S.C23H30N6O2/c1-19-15-23(27(28,29)30)31-16-22(19)33-18-25(34(24(33)35)17-20-9-10-20)11-13-26(14-12-25,32(2)3)21-7-5-4-6-8-21;1-18-14-22(26(27,28)29)31-15-21(18)32-17-24(33(23(32)34)16-19-8-9-19)10-12-25(30-2,13-11-24)20-6-4-3-5-7-20;1-30(2)25(18-7-4-3-5-8-18)12-10-24(11-13-25)17-31(23(33)29-24)19-15-26-22(27-16-19)28-21(32)20-9-6-14-34-20;1-28(2)23(17-6-4-3-5-7-17)12-10-22(11-13-23)16-29(21(31)27-22)18-14-25-20(26-15-18)9-8-19(24)30/h4-8,15-16,20H,9-14,17-18H2,1-3H3;3-7,14-15,19,30H,8-13,16-17H2,1-2H3;3-9,14-16H,10-13,17H2,1-2H3,(H,29,33)(H,26,27,28,32);3-7,14-15H,8-13,16H2,1-2H3,(H2,24,30)(H,27,31). The highest BCUT2D eigenvalue weighted by Crippen LogP contribution is 2.55. The zero-order chi connectivity index (χ0) is 95.0. The van der Waals surface area contributed by atoms with Crippen LogP contribution in [0.4, 0.5) is 74.2 Å². The van der Waals surface area contributed by atoms with Gasteiger partial charge in [-0.05, 0) is 260 Å². The van der Waals surface area contributed by atoms with Gasteiger partial charge >= 0.3 is 36.5 Å². The van der Waals surface area contributed by atoms with Gasteiger partial charge in [-0.15, -0.1) is 11.3 Å². The lowest BCUT2D eigenvalue weighted by Gasteiger charge is -2.51. The third-order valence-corrected chi connectivity index (χ3v) is 31.5. The van der Waals surface area contributed by atoms with Gasteiger partial charge < -0.3 is 31.5 Å².